The monoisotopic (exact) mass is 338 g/mol. The van der Waals surface area contributed by atoms with Gasteiger partial charge in [0.05, 0.1) is 11.2 Å². The topological polar surface area (TPSA) is 18.5 Å². The van der Waals surface area contributed by atoms with Crippen LogP contribution in [0.2, 0.25) is 15.4 Å². The van der Waals surface area contributed by atoms with E-state index in [1.807, 2.05) is 12.1 Å². The molecule has 0 spiro atoms. The van der Waals surface area contributed by atoms with Gasteiger partial charge >= 0.3 is 7.12 Å². The van der Waals surface area contributed by atoms with E-state index in [4.69, 9.17) is 32.5 Å². The van der Waals surface area contributed by atoms with Crippen molar-refractivity contribution in [3.05, 3.63) is 33.8 Å². The van der Waals surface area contributed by atoms with Gasteiger partial charge in [0, 0.05) is 15.4 Å². The van der Waals surface area contributed by atoms with Gasteiger partial charge in [-0.1, -0.05) is 29.3 Å². The SMILES string of the molecule is CC1(C)OB(C23CC(c4ccc(Cl)cc4Cl)(C2)C3)OC1(C)C. The Morgan fingerprint density at radius 2 is 1.50 bits per heavy atom. The minimum Gasteiger partial charge on any atom is -0.403 e. The van der Waals surface area contributed by atoms with Crippen LogP contribution in [0.3, 0.4) is 0 Å². The van der Waals surface area contributed by atoms with Crippen LogP contribution >= 0.6 is 23.2 Å². The Bertz CT molecular complexity index is 620. The van der Waals surface area contributed by atoms with Crippen LogP contribution in [0.4, 0.5) is 0 Å². The lowest BCUT2D eigenvalue weighted by atomic mass is 9.23. The van der Waals surface area contributed by atoms with E-state index >= 15 is 0 Å². The van der Waals surface area contributed by atoms with Crippen molar-refractivity contribution >= 4 is 30.3 Å². The molecule has 118 valence electrons. The van der Waals surface area contributed by atoms with Gasteiger partial charge in [-0.25, -0.2) is 0 Å². The highest BCUT2D eigenvalue weighted by atomic mass is 35.5. The molecule has 1 aromatic carbocycles. The quantitative estimate of drug-likeness (QED) is 0.684. The number of benzene rings is 1. The fourth-order valence-corrected chi connectivity index (χ4v) is 5.02. The average Bonchev–Trinajstić information content (AvgIpc) is 2.47. The normalized spacial score (nSPS) is 37.6. The first-order valence-corrected chi connectivity index (χ1v) is 8.66. The summed E-state index contributed by atoms with van der Waals surface area (Å²) < 4.78 is 12.5. The molecule has 22 heavy (non-hydrogen) atoms. The molecule has 3 saturated carbocycles. The Morgan fingerprint density at radius 3 is 2.00 bits per heavy atom. The molecule has 1 saturated heterocycles. The Labute approximate surface area is 142 Å². The molecule has 4 fully saturated rings. The van der Waals surface area contributed by atoms with Crippen molar-refractivity contribution in [1.29, 1.82) is 0 Å². The third-order valence-corrected chi connectivity index (χ3v) is 6.87. The first kappa shape index (κ1) is 15.3. The zero-order chi connectivity index (χ0) is 16.0. The minimum atomic E-state index is -0.252. The largest absolute Gasteiger partial charge is 0.464 e. The van der Waals surface area contributed by atoms with E-state index in [9.17, 15) is 0 Å². The summed E-state index contributed by atoms with van der Waals surface area (Å²) >= 11 is 12.4. The minimum absolute atomic E-state index is 0.0922. The summed E-state index contributed by atoms with van der Waals surface area (Å²) in [4.78, 5) is 0. The van der Waals surface area contributed by atoms with Gasteiger partial charge < -0.3 is 9.31 Å². The van der Waals surface area contributed by atoms with E-state index in [2.05, 4.69) is 33.8 Å². The van der Waals surface area contributed by atoms with Crippen LogP contribution in [0, 0.1) is 0 Å². The highest BCUT2D eigenvalue weighted by Gasteiger charge is 2.77. The summed E-state index contributed by atoms with van der Waals surface area (Å²) in [6, 6.07) is 5.86. The maximum atomic E-state index is 6.40. The lowest BCUT2D eigenvalue weighted by molar-refractivity contribution is -0.0382. The predicted molar refractivity (Wildman–Crippen MR) is 90.8 cm³/mol. The van der Waals surface area contributed by atoms with Gasteiger partial charge in [-0.3, -0.25) is 0 Å². The first-order valence-electron chi connectivity index (χ1n) is 7.91. The van der Waals surface area contributed by atoms with Crippen molar-refractivity contribution in [2.45, 2.75) is 68.9 Å². The van der Waals surface area contributed by atoms with E-state index in [1.54, 1.807) is 0 Å². The molecule has 5 heteroatoms. The molecular formula is C17H21BCl2O2. The number of hydrogen-bond acceptors (Lipinski definition) is 2. The fraction of sp³-hybridized carbons (Fsp3) is 0.647. The number of rotatable bonds is 2. The standard InChI is InChI=1S/C17H21BCl2O2/c1-14(2)15(3,4)22-18(21-14)17-8-16(9-17,10-17)12-6-5-11(19)7-13(12)20/h5-7H,8-10H2,1-4H3. The molecule has 0 unspecified atom stereocenters. The van der Waals surface area contributed by atoms with Gasteiger partial charge in [-0.05, 0) is 70.1 Å². The Morgan fingerprint density at radius 1 is 0.955 bits per heavy atom. The van der Waals surface area contributed by atoms with Crippen molar-refractivity contribution in [2.24, 2.45) is 0 Å². The van der Waals surface area contributed by atoms with Gasteiger partial charge in [-0.2, -0.15) is 0 Å². The zero-order valence-corrected chi connectivity index (χ0v) is 15.0. The maximum Gasteiger partial charge on any atom is 0.464 e. The molecule has 0 atom stereocenters. The number of halogens is 2. The average molecular weight is 339 g/mol. The second kappa shape index (κ2) is 4.24. The molecule has 5 rings (SSSR count). The molecule has 0 N–H and O–H groups in total. The highest BCUT2D eigenvalue weighted by Crippen LogP contribution is 2.81. The lowest BCUT2D eigenvalue weighted by Crippen LogP contribution is -2.66. The van der Waals surface area contributed by atoms with E-state index in [1.165, 1.54) is 5.56 Å². The Kier molecular flexibility index (Phi) is 2.96. The summed E-state index contributed by atoms with van der Waals surface area (Å²) in [7, 11) is -0.0922. The van der Waals surface area contributed by atoms with Crippen LogP contribution in [-0.4, -0.2) is 18.3 Å². The third kappa shape index (κ3) is 1.83. The molecule has 0 radical (unpaired) electrons. The molecule has 0 amide bonds. The van der Waals surface area contributed by atoms with Crippen LogP contribution in [0.25, 0.3) is 0 Å². The van der Waals surface area contributed by atoms with E-state index in [0.29, 0.717) is 5.02 Å². The van der Waals surface area contributed by atoms with Gasteiger partial charge in [0.25, 0.3) is 0 Å². The van der Waals surface area contributed by atoms with Crippen LogP contribution < -0.4 is 0 Å². The van der Waals surface area contributed by atoms with Gasteiger partial charge in [-0.15, -0.1) is 0 Å². The number of hydrogen-bond donors (Lipinski definition) is 0. The van der Waals surface area contributed by atoms with E-state index in [-0.39, 0.29) is 29.0 Å². The summed E-state index contributed by atoms with van der Waals surface area (Å²) in [5, 5.41) is 1.66. The smallest absolute Gasteiger partial charge is 0.403 e. The summed E-state index contributed by atoms with van der Waals surface area (Å²) in [5.74, 6) is 0. The molecule has 3 aliphatic carbocycles. The lowest BCUT2D eigenvalue weighted by Gasteiger charge is -2.71. The van der Waals surface area contributed by atoms with Crippen molar-refractivity contribution < 1.29 is 9.31 Å². The van der Waals surface area contributed by atoms with Crippen molar-refractivity contribution in [3.63, 3.8) is 0 Å². The summed E-state index contributed by atoms with van der Waals surface area (Å²) in [6.07, 6.45) is 3.29. The van der Waals surface area contributed by atoms with Gasteiger partial charge in [0.15, 0.2) is 0 Å². The Hall–Kier alpha value is -0.215. The molecule has 1 aliphatic heterocycles. The summed E-state index contributed by atoms with van der Waals surface area (Å²) in [5.41, 5.74) is 0.943. The van der Waals surface area contributed by atoms with Crippen molar-refractivity contribution in [1.82, 2.24) is 0 Å². The molecule has 2 nitrogen and oxygen atoms in total. The molecule has 0 aromatic heterocycles. The highest BCUT2D eigenvalue weighted by molar-refractivity contribution is 6.51. The molecular weight excluding hydrogens is 318 g/mol. The van der Waals surface area contributed by atoms with Gasteiger partial charge in [0.2, 0.25) is 0 Å². The summed E-state index contributed by atoms with van der Waals surface area (Å²) in [6.45, 7) is 8.46. The van der Waals surface area contributed by atoms with Crippen LogP contribution in [0.15, 0.2) is 18.2 Å². The fourth-order valence-electron chi connectivity index (χ4n) is 4.41. The zero-order valence-electron chi connectivity index (χ0n) is 13.5. The maximum absolute atomic E-state index is 6.40. The molecule has 1 aromatic rings. The van der Waals surface area contributed by atoms with Crippen LogP contribution in [0.5, 0.6) is 0 Å². The van der Waals surface area contributed by atoms with Gasteiger partial charge in [0.1, 0.15) is 0 Å². The second-order valence-corrected chi connectivity index (χ2v) is 9.23. The predicted octanol–water partition coefficient (Wildman–Crippen LogP) is 5.26. The second-order valence-electron chi connectivity index (χ2n) is 8.39. The Balaban J connectivity index is 1.53. The van der Waals surface area contributed by atoms with Crippen LogP contribution in [-0.2, 0) is 14.7 Å². The van der Waals surface area contributed by atoms with Crippen LogP contribution in [0.1, 0.15) is 52.5 Å². The molecule has 4 aliphatic rings. The molecule has 2 bridgehead atoms. The van der Waals surface area contributed by atoms with E-state index < -0.39 is 0 Å². The third-order valence-electron chi connectivity index (χ3n) is 6.33. The van der Waals surface area contributed by atoms with Crippen molar-refractivity contribution in [2.75, 3.05) is 0 Å². The van der Waals surface area contributed by atoms with E-state index in [0.717, 1.165) is 24.3 Å². The molecule has 1 heterocycles. The first-order chi connectivity index (χ1) is 10.1. The van der Waals surface area contributed by atoms with Crippen molar-refractivity contribution in [3.8, 4) is 0 Å².